The van der Waals surface area contributed by atoms with Gasteiger partial charge in [0.05, 0.1) is 13.2 Å². The van der Waals surface area contributed by atoms with E-state index in [2.05, 4.69) is 13.8 Å². The van der Waals surface area contributed by atoms with Crippen LogP contribution in [-0.4, -0.2) is 25.2 Å². The average molecular weight is 341 g/mol. The van der Waals surface area contributed by atoms with Crippen LogP contribution in [-0.2, 0) is 19.1 Å². The van der Waals surface area contributed by atoms with Crippen molar-refractivity contribution in [1.29, 1.82) is 0 Å². The molecule has 0 saturated carbocycles. The van der Waals surface area contributed by atoms with E-state index < -0.39 is 11.9 Å². The zero-order valence-corrected chi connectivity index (χ0v) is 15.7. The molecule has 140 valence electrons. The quantitative estimate of drug-likeness (QED) is 0.216. The zero-order valence-electron chi connectivity index (χ0n) is 15.7. The minimum atomic E-state index is -0.474. The van der Waals surface area contributed by atoms with Crippen molar-refractivity contribution in [2.75, 3.05) is 13.2 Å². The van der Waals surface area contributed by atoms with E-state index in [9.17, 15) is 9.59 Å². The van der Waals surface area contributed by atoms with Crippen LogP contribution in [0.25, 0.3) is 0 Å². The lowest BCUT2D eigenvalue weighted by molar-refractivity contribution is -0.140. The van der Waals surface area contributed by atoms with E-state index >= 15 is 0 Å². The predicted octanol–water partition coefficient (Wildman–Crippen LogP) is 5.35. The number of hydrogen-bond acceptors (Lipinski definition) is 4. The lowest BCUT2D eigenvalue weighted by Gasteiger charge is -2.03. The number of carbonyl (C=O) groups is 2. The topological polar surface area (TPSA) is 52.6 Å². The molecule has 0 N–H and O–H groups in total. The zero-order chi connectivity index (χ0) is 17.9. The smallest absolute Gasteiger partial charge is 0.331 e. The molecule has 0 aliphatic carbocycles. The molecular formula is C20H36O4. The van der Waals surface area contributed by atoms with Crippen molar-refractivity contribution in [3.05, 3.63) is 12.2 Å². The van der Waals surface area contributed by atoms with E-state index in [1.807, 2.05) is 0 Å². The molecule has 0 rings (SSSR count). The number of esters is 2. The summed E-state index contributed by atoms with van der Waals surface area (Å²) >= 11 is 0. The number of unbranched alkanes of at least 4 members (excludes halogenated alkanes) is 10. The second-order valence-corrected chi connectivity index (χ2v) is 6.20. The highest BCUT2D eigenvalue weighted by atomic mass is 16.5. The van der Waals surface area contributed by atoms with Crippen LogP contribution in [0.3, 0.4) is 0 Å². The van der Waals surface area contributed by atoms with E-state index in [4.69, 9.17) is 9.47 Å². The third kappa shape index (κ3) is 17.0. The van der Waals surface area contributed by atoms with Crippen molar-refractivity contribution in [3.63, 3.8) is 0 Å². The molecule has 0 aromatic rings. The first-order chi connectivity index (χ1) is 11.7. The molecule has 0 bridgehead atoms. The molecule has 0 aromatic carbocycles. The Kier molecular flexibility index (Phi) is 17.0. The van der Waals surface area contributed by atoms with Crippen LogP contribution in [0.5, 0.6) is 0 Å². The fourth-order valence-electron chi connectivity index (χ4n) is 2.34. The summed E-state index contributed by atoms with van der Waals surface area (Å²) in [5.41, 5.74) is 0. The molecule has 0 aliphatic heterocycles. The summed E-state index contributed by atoms with van der Waals surface area (Å²) in [6, 6.07) is 0. The summed E-state index contributed by atoms with van der Waals surface area (Å²) in [6.07, 6.45) is 16.1. The fraction of sp³-hybridized carbons (Fsp3) is 0.800. The predicted molar refractivity (Wildman–Crippen MR) is 97.8 cm³/mol. The monoisotopic (exact) mass is 340 g/mol. The Hall–Kier alpha value is -1.32. The average Bonchev–Trinajstić information content (AvgIpc) is 2.58. The van der Waals surface area contributed by atoms with Gasteiger partial charge in [-0.25, -0.2) is 9.59 Å². The van der Waals surface area contributed by atoms with Crippen LogP contribution in [0.4, 0.5) is 0 Å². The first-order valence-corrected chi connectivity index (χ1v) is 9.72. The molecule has 24 heavy (non-hydrogen) atoms. The van der Waals surface area contributed by atoms with Gasteiger partial charge in [0.15, 0.2) is 0 Å². The molecule has 0 radical (unpaired) electrons. The van der Waals surface area contributed by atoms with Crippen LogP contribution in [0, 0.1) is 0 Å². The summed E-state index contributed by atoms with van der Waals surface area (Å²) in [6.45, 7) is 5.21. The van der Waals surface area contributed by atoms with Crippen molar-refractivity contribution in [2.45, 2.75) is 90.9 Å². The van der Waals surface area contributed by atoms with Crippen molar-refractivity contribution in [2.24, 2.45) is 0 Å². The van der Waals surface area contributed by atoms with E-state index in [0.29, 0.717) is 13.2 Å². The Bertz CT molecular complexity index is 337. The number of carbonyl (C=O) groups excluding carboxylic acids is 2. The van der Waals surface area contributed by atoms with Gasteiger partial charge in [-0.1, -0.05) is 78.1 Å². The molecular weight excluding hydrogens is 304 g/mol. The van der Waals surface area contributed by atoms with Gasteiger partial charge in [0.2, 0.25) is 0 Å². The third-order valence-electron chi connectivity index (χ3n) is 3.84. The molecule has 0 spiro atoms. The molecule has 0 aromatic heterocycles. The van der Waals surface area contributed by atoms with Crippen molar-refractivity contribution in [3.8, 4) is 0 Å². The Labute approximate surface area is 148 Å². The van der Waals surface area contributed by atoms with Gasteiger partial charge in [-0.05, 0) is 12.8 Å². The molecule has 0 unspecified atom stereocenters. The highest BCUT2D eigenvalue weighted by Crippen LogP contribution is 2.07. The Morgan fingerprint density at radius 2 is 0.917 bits per heavy atom. The Balaban J connectivity index is 3.47. The molecule has 0 aliphatic rings. The molecule has 0 saturated heterocycles. The first-order valence-electron chi connectivity index (χ1n) is 9.72. The lowest BCUT2D eigenvalue weighted by atomic mass is 10.1. The maximum absolute atomic E-state index is 11.5. The van der Waals surface area contributed by atoms with Gasteiger partial charge in [-0.3, -0.25) is 0 Å². The molecule has 0 fully saturated rings. The van der Waals surface area contributed by atoms with E-state index in [1.54, 1.807) is 0 Å². The van der Waals surface area contributed by atoms with E-state index in [1.165, 1.54) is 51.4 Å². The normalized spacial score (nSPS) is 10.9. The van der Waals surface area contributed by atoms with Gasteiger partial charge in [0.25, 0.3) is 0 Å². The second kappa shape index (κ2) is 18.0. The summed E-state index contributed by atoms with van der Waals surface area (Å²) in [5, 5.41) is 0. The summed E-state index contributed by atoms with van der Waals surface area (Å²) in [4.78, 5) is 22.9. The fourth-order valence-corrected chi connectivity index (χ4v) is 2.34. The molecule has 0 atom stereocenters. The summed E-state index contributed by atoms with van der Waals surface area (Å²) in [7, 11) is 0. The van der Waals surface area contributed by atoms with Crippen LogP contribution in [0.2, 0.25) is 0 Å². The van der Waals surface area contributed by atoms with Crippen LogP contribution in [0.15, 0.2) is 12.2 Å². The molecule has 4 nitrogen and oxygen atoms in total. The highest BCUT2D eigenvalue weighted by molar-refractivity contribution is 5.91. The van der Waals surface area contributed by atoms with E-state index in [-0.39, 0.29) is 0 Å². The largest absolute Gasteiger partial charge is 0.463 e. The number of ether oxygens (including phenoxy) is 2. The summed E-state index contributed by atoms with van der Waals surface area (Å²) in [5.74, 6) is -0.945. The van der Waals surface area contributed by atoms with Gasteiger partial charge in [-0.15, -0.1) is 0 Å². The van der Waals surface area contributed by atoms with Crippen LogP contribution in [0.1, 0.15) is 90.9 Å². The third-order valence-corrected chi connectivity index (χ3v) is 3.84. The van der Waals surface area contributed by atoms with Crippen LogP contribution >= 0.6 is 0 Å². The van der Waals surface area contributed by atoms with Crippen molar-refractivity contribution >= 4 is 11.9 Å². The molecule has 0 amide bonds. The van der Waals surface area contributed by atoms with Gasteiger partial charge in [-0.2, -0.15) is 0 Å². The highest BCUT2D eigenvalue weighted by Gasteiger charge is 2.01. The summed E-state index contributed by atoms with van der Waals surface area (Å²) < 4.78 is 10.1. The number of rotatable bonds is 16. The minimum absolute atomic E-state index is 0.417. The maximum Gasteiger partial charge on any atom is 0.331 e. The van der Waals surface area contributed by atoms with Crippen molar-refractivity contribution in [1.82, 2.24) is 0 Å². The lowest BCUT2D eigenvalue weighted by Crippen LogP contribution is -2.06. The number of hydrogen-bond donors (Lipinski definition) is 0. The van der Waals surface area contributed by atoms with Crippen LogP contribution < -0.4 is 0 Å². The minimum Gasteiger partial charge on any atom is -0.463 e. The molecule has 0 heterocycles. The maximum atomic E-state index is 11.5. The van der Waals surface area contributed by atoms with E-state index in [0.717, 1.165) is 37.8 Å². The first kappa shape index (κ1) is 22.7. The van der Waals surface area contributed by atoms with Gasteiger partial charge in [0.1, 0.15) is 0 Å². The standard InChI is InChI=1S/C20H36O4/c1-3-5-7-9-10-12-14-18-24-20(22)16-15-19(21)23-17-13-11-8-6-4-2/h15-16H,3-14,17-18H2,1-2H3/b16-15+. The molecule has 4 heteroatoms. The Morgan fingerprint density at radius 3 is 1.29 bits per heavy atom. The SMILES string of the molecule is CCCCCCCCCOC(=O)/C=C/C(=O)OCCCCCCC. The van der Waals surface area contributed by atoms with Gasteiger partial charge < -0.3 is 9.47 Å². The van der Waals surface area contributed by atoms with Gasteiger partial charge >= 0.3 is 11.9 Å². The second-order valence-electron chi connectivity index (χ2n) is 6.20. The van der Waals surface area contributed by atoms with Crippen molar-refractivity contribution < 1.29 is 19.1 Å². The Morgan fingerprint density at radius 1 is 0.583 bits per heavy atom. The van der Waals surface area contributed by atoms with Gasteiger partial charge in [0, 0.05) is 12.2 Å².